The predicted molar refractivity (Wildman–Crippen MR) is 81.8 cm³/mol. The number of nitrogen functional groups attached to an aromatic ring is 1. The number of para-hydroxylation sites is 2. The van der Waals surface area contributed by atoms with E-state index in [1.807, 2.05) is 42.5 Å². The molecular weight excluding hydrogens is 250 g/mol. The van der Waals surface area contributed by atoms with E-state index in [2.05, 4.69) is 19.1 Å². The average Bonchev–Trinajstić information content (AvgIpc) is 2.49. The lowest BCUT2D eigenvalue weighted by Crippen LogP contribution is -2.06. The van der Waals surface area contributed by atoms with Gasteiger partial charge in [-0.25, -0.2) is 0 Å². The maximum atomic E-state index is 5.80. The number of hydrogen-bond donors (Lipinski definition) is 1. The summed E-state index contributed by atoms with van der Waals surface area (Å²) in [6, 6.07) is 17.7. The van der Waals surface area contributed by atoms with E-state index < -0.39 is 0 Å². The SMILES string of the molecule is CC(OCCCOc1ccccc1N)c1ccccc1. The van der Waals surface area contributed by atoms with Gasteiger partial charge in [0.1, 0.15) is 5.75 Å². The van der Waals surface area contributed by atoms with E-state index in [-0.39, 0.29) is 6.10 Å². The van der Waals surface area contributed by atoms with Crippen molar-refractivity contribution < 1.29 is 9.47 Å². The monoisotopic (exact) mass is 271 g/mol. The van der Waals surface area contributed by atoms with Gasteiger partial charge in [0.25, 0.3) is 0 Å². The van der Waals surface area contributed by atoms with Crippen LogP contribution in [0.5, 0.6) is 5.75 Å². The van der Waals surface area contributed by atoms with Crippen molar-refractivity contribution >= 4 is 5.69 Å². The van der Waals surface area contributed by atoms with Crippen LogP contribution in [0.3, 0.4) is 0 Å². The summed E-state index contributed by atoms with van der Waals surface area (Å²) in [5.41, 5.74) is 7.67. The van der Waals surface area contributed by atoms with Gasteiger partial charge in [-0.1, -0.05) is 42.5 Å². The van der Waals surface area contributed by atoms with Crippen LogP contribution in [0, 0.1) is 0 Å². The fraction of sp³-hybridized carbons (Fsp3) is 0.294. The maximum Gasteiger partial charge on any atom is 0.142 e. The molecule has 0 aliphatic rings. The molecule has 3 nitrogen and oxygen atoms in total. The molecule has 0 amide bonds. The molecule has 2 aromatic carbocycles. The summed E-state index contributed by atoms with van der Waals surface area (Å²) in [5, 5.41) is 0. The van der Waals surface area contributed by atoms with Gasteiger partial charge < -0.3 is 15.2 Å². The Balaban J connectivity index is 1.66. The van der Waals surface area contributed by atoms with E-state index in [0.717, 1.165) is 12.2 Å². The predicted octanol–water partition coefficient (Wildman–Crippen LogP) is 3.82. The number of nitrogens with two attached hydrogens (primary N) is 1. The van der Waals surface area contributed by atoms with E-state index in [9.17, 15) is 0 Å². The third kappa shape index (κ3) is 4.28. The fourth-order valence-corrected chi connectivity index (χ4v) is 1.93. The summed E-state index contributed by atoms with van der Waals surface area (Å²) in [6.07, 6.45) is 0.948. The van der Waals surface area contributed by atoms with Crippen LogP contribution in [-0.4, -0.2) is 13.2 Å². The largest absolute Gasteiger partial charge is 0.491 e. The molecule has 3 heteroatoms. The van der Waals surface area contributed by atoms with Crippen LogP contribution in [0.2, 0.25) is 0 Å². The maximum absolute atomic E-state index is 5.80. The van der Waals surface area contributed by atoms with Crippen molar-refractivity contribution in [2.75, 3.05) is 18.9 Å². The second-order valence-corrected chi connectivity index (χ2v) is 4.66. The molecule has 1 atom stereocenters. The van der Waals surface area contributed by atoms with Crippen molar-refractivity contribution in [2.24, 2.45) is 0 Å². The van der Waals surface area contributed by atoms with Crippen molar-refractivity contribution in [2.45, 2.75) is 19.4 Å². The van der Waals surface area contributed by atoms with E-state index >= 15 is 0 Å². The average molecular weight is 271 g/mol. The summed E-state index contributed by atoms with van der Waals surface area (Å²) < 4.78 is 11.4. The second-order valence-electron chi connectivity index (χ2n) is 4.66. The molecule has 0 fully saturated rings. The third-order valence-corrected chi connectivity index (χ3v) is 3.10. The number of benzene rings is 2. The van der Waals surface area contributed by atoms with E-state index in [4.69, 9.17) is 15.2 Å². The quantitative estimate of drug-likeness (QED) is 0.615. The molecule has 2 rings (SSSR count). The standard InChI is InChI=1S/C17H21NO2/c1-14(15-8-3-2-4-9-15)19-12-7-13-20-17-11-6-5-10-16(17)18/h2-6,8-11,14H,7,12-13,18H2,1H3. The molecule has 2 N–H and O–H groups in total. The van der Waals surface area contributed by atoms with Crippen LogP contribution >= 0.6 is 0 Å². The molecule has 1 unspecified atom stereocenters. The van der Waals surface area contributed by atoms with Crippen LogP contribution in [0.1, 0.15) is 25.0 Å². The molecule has 0 aliphatic carbocycles. The van der Waals surface area contributed by atoms with E-state index in [0.29, 0.717) is 18.9 Å². The smallest absolute Gasteiger partial charge is 0.142 e. The molecule has 2 aromatic rings. The van der Waals surface area contributed by atoms with E-state index in [1.165, 1.54) is 5.56 Å². The van der Waals surface area contributed by atoms with Crippen molar-refractivity contribution in [1.29, 1.82) is 0 Å². The van der Waals surface area contributed by atoms with Crippen LogP contribution in [-0.2, 0) is 4.74 Å². The molecule has 0 spiro atoms. The normalized spacial score (nSPS) is 12.1. The van der Waals surface area contributed by atoms with Gasteiger partial charge >= 0.3 is 0 Å². The highest BCUT2D eigenvalue weighted by atomic mass is 16.5. The minimum absolute atomic E-state index is 0.109. The van der Waals surface area contributed by atoms with Crippen molar-refractivity contribution in [3.8, 4) is 5.75 Å². The minimum atomic E-state index is 0.109. The number of rotatable bonds is 7. The summed E-state index contributed by atoms with van der Waals surface area (Å²) in [5.74, 6) is 0.739. The zero-order valence-electron chi connectivity index (χ0n) is 11.8. The summed E-state index contributed by atoms with van der Waals surface area (Å²) in [7, 11) is 0. The third-order valence-electron chi connectivity index (χ3n) is 3.10. The Bertz CT molecular complexity index is 513. The Hall–Kier alpha value is -2.00. The van der Waals surface area contributed by atoms with Crippen molar-refractivity contribution in [1.82, 2.24) is 0 Å². The summed E-state index contributed by atoms with van der Waals surface area (Å²) >= 11 is 0. The first-order chi connectivity index (χ1) is 9.77. The summed E-state index contributed by atoms with van der Waals surface area (Å²) in [4.78, 5) is 0. The first-order valence-electron chi connectivity index (χ1n) is 6.91. The van der Waals surface area contributed by atoms with Gasteiger partial charge in [-0.2, -0.15) is 0 Å². The molecule has 0 aromatic heterocycles. The second kappa shape index (κ2) is 7.56. The Morgan fingerprint density at radius 3 is 2.40 bits per heavy atom. The molecule has 106 valence electrons. The molecule has 20 heavy (non-hydrogen) atoms. The van der Waals surface area contributed by atoms with Gasteiger partial charge in [0.05, 0.1) is 25.0 Å². The highest BCUT2D eigenvalue weighted by Crippen LogP contribution is 2.20. The van der Waals surface area contributed by atoms with Crippen LogP contribution in [0.25, 0.3) is 0 Å². The summed E-state index contributed by atoms with van der Waals surface area (Å²) in [6.45, 7) is 3.34. The lowest BCUT2D eigenvalue weighted by atomic mass is 10.1. The molecule has 0 saturated carbocycles. The molecule has 0 bridgehead atoms. The van der Waals surface area contributed by atoms with Gasteiger partial charge in [-0.3, -0.25) is 0 Å². The van der Waals surface area contributed by atoms with Gasteiger partial charge in [0.2, 0.25) is 0 Å². The lowest BCUT2D eigenvalue weighted by molar-refractivity contribution is 0.0572. The minimum Gasteiger partial charge on any atom is -0.491 e. The van der Waals surface area contributed by atoms with Crippen molar-refractivity contribution in [3.05, 3.63) is 60.2 Å². The van der Waals surface area contributed by atoms with Crippen LogP contribution < -0.4 is 10.5 Å². The number of anilines is 1. The first-order valence-corrected chi connectivity index (χ1v) is 6.91. The van der Waals surface area contributed by atoms with Gasteiger partial charge in [-0.15, -0.1) is 0 Å². The number of ether oxygens (including phenoxy) is 2. The number of hydrogen-bond acceptors (Lipinski definition) is 3. The zero-order chi connectivity index (χ0) is 14.2. The Morgan fingerprint density at radius 2 is 1.65 bits per heavy atom. The van der Waals surface area contributed by atoms with Gasteiger partial charge in [0.15, 0.2) is 0 Å². The van der Waals surface area contributed by atoms with Gasteiger partial charge in [0, 0.05) is 6.42 Å². The van der Waals surface area contributed by atoms with Crippen molar-refractivity contribution in [3.63, 3.8) is 0 Å². The zero-order valence-corrected chi connectivity index (χ0v) is 11.8. The van der Waals surface area contributed by atoms with Crippen LogP contribution in [0.15, 0.2) is 54.6 Å². The molecular formula is C17H21NO2. The highest BCUT2D eigenvalue weighted by Gasteiger charge is 2.04. The molecule has 0 radical (unpaired) electrons. The Kier molecular flexibility index (Phi) is 5.44. The first kappa shape index (κ1) is 14.4. The molecule has 0 aliphatic heterocycles. The Labute approximate surface area is 120 Å². The molecule has 0 saturated heterocycles. The lowest BCUT2D eigenvalue weighted by Gasteiger charge is -2.14. The topological polar surface area (TPSA) is 44.5 Å². The molecule has 0 heterocycles. The van der Waals surface area contributed by atoms with Crippen LogP contribution in [0.4, 0.5) is 5.69 Å². The fourth-order valence-electron chi connectivity index (χ4n) is 1.93. The van der Waals surface area contributed by atoms with E-state index in [1.54, 1.807) is 0 Å². The van der Waals surface area contributed by atoms with Gasteiger partial charge in [-0.05, 0) is 24.6 Å². The Morgan fingerprint density at radius 1 is 0.950 bits per heavy atom. The highest BCUT2D eigenvalue weighted by molar-refractivity contribution is 5.51.